The van der Waals surface area contributed by atoms with Gasteiger partial charge in [-0.2, -0.15) is 10.2 Å². The monoisotopic (exact) mass is 339 g/mol. The van der Waals surface area contributed by atoms with Crippen molar-refractivity contribution in [3.05, 3.63) is 57.6 Å². The number of thiazole rings is 1. The highest BCUT2D eigenvalue weighted by molar-refractivity contribution is 7.14. The summed E-state index contributed by atoms with van der Waals surface area (Å²) < 4.78 is 3.44. The smallest absolute Gasteiger partial charge is 0.197 e. The van der Waals surface area contributed by atoms with Crippen LogP contribution >= 0.6 is 11.3 Å². The predicted molar refractivity (Wildman–Crippen MR) is 95.6 cm³/mol. The first-order chi connectivity index (χ1) is 11.5. The average Bonchev–Trinajstić information content (AvgIpc) is 3.24. The number of nitrogens with zero attached hydrogens (tertiary/aromatic N) is 5. The molecule has 0 spiro atoms. The minimum Gasteiger partial charge on any atom is -0.288 e. The van der Waals surface area contributed by atoms with Crippen molar-refractivity contribution in [3.63, 3.8) is 0 Å². The van der Waals surface area contributed by atoms with Crippen molar-refractivity contribution < 1.29 is 4.79 Å². The zero-order valence-corrected chi connectivity index (χ0v) is 14.5. The second-order valence-electron chi connectivity index (χ2n) is 5.39. The molecular formula is C17H17N5OS. The van der Waals surface area contributed by atoms with Crippen molar-refractivity contribution in [2.45, 2.75) is 6.92 Å². The van der Waals surface area contributed by atoms with E-state index in [2.05, 4.69) is 15.2 Å². The molecule has 0 radical (unpaired) electrons. The summed E-state index contributed by atoms with van der Waals surface area (Å²) in [5.41, 5.74) is 2.63. The molecule has 0 unspecified atom stereocenters. The van der Waals surface area contributed by atoms with Gasteiger partial charge in [-0.3, -0.25) is 14.2 Å². The molecular weight excluding hydrogens is 322 g/mol. The van der Waals surface area contributed by atoms with Gasteiger partial charge in [0.05, 0.1) is 23.0 Å². The molecule has 3 heterocycles. The fraction of sp³-hybridized carbons (Fsp3) is 0.176. The van der Waals surface area contributed by atoms with Crippen LogP contribution in [0.25, 0.3) is 18.2 Å². The Labute approximate surface area is 143 Å². The van der Waals surface area contributed by atoms with Crippen LogP contribution in [0.4, 0.5) is 0 Å². The normalized spacial score (nSPS) is 11.8. The molecule has 6 nitrogen and oxygen atoms in total. The van der Waals surface area contributed by atoms with Crippen LogP contribution in [0.1, 0.15) is 31.5 Å². The Morgan fingerprint density at radius 3 is 2.25 bits per heavy atom. The van der Waals surface area contributed by atoms with Crippen molar-refractivity contribution in [3.8, 4) is 0 Å². The summed E-state index contributed by atoms with van der Waals surface area (Å²) in [5.74, 6) is -0.0464. The van der Waals surface area contributed by atoms with Crippen LogP contribution < -0.4 is 0 Å². The number of aromatic nitrogens is 5. The fourth-order valence-corrected chi connectivity index (χ4v) is 3.07. The van der Waals surface area contributed by atoms with E-state index in [9.17, 15) is 4.79 Å². The van der Waals surface area contributed by atoms with Gasteiger partial charge in [0.15, 0.2) is 5.78 Å². The van der Waals surface area contributed by atoms with Crippen molar-refractivity contribution in [2.24, 2.45) is 14.1 Å². The number of allylic oxidation sites excluding steroid dienone is 1. The molecule has 0 bridgehead atoms. The summed E-state index contributed by atoms with van der Waals surface area (Å²) in [7, 11) is 3.71. The topological polar surface area (TPSA) is 65.6 Å². The Morgan fingerprint density at radius 1 is 1.04 bits per heavy atom. The van der Waals surface area contributed by atoms with E-state index in [4.69, 9.17) is 0 Å². The zero-order valence-electron chi connectivity index (χ0n) is 13.7. The summed E-state index contributed by atoms with van der Waals surface area (Å²) in [5, 5.41) is 8.99. The molecule has 3 aromatic rings. The van der Waals surface area contributed by atoms with Crippen molar-refractivity contribution >= 4 is 35.3 Å². The Bertz CT molecular complexity index is 929. The van der Waals surface area contributed by atoms with Crippen LogP contribution in [-0.2, 0) is 14.1 Å². The molecule has 3 aromatic heterocycles. The van der Waals surface area contributed by atoms with E-state index in [0.29, 0.717) is 4.88 Å². The molecule has 0 aliphatic heterocycles. The number of hydrogen-bond donors (Lipinski definition) is 0. The van der Waals surface area contributed by atoms with Crippen LogP contribution in [0.3, 0.4) is 0 Å². The fourth-order valence-electron chi connectivity index (χ4n) is 2.18. The van der Waals surface area contributed by atoms with Crippen LogP contribution in [0.15, 0.2) is 30.9 Å². The third-order valence-electron chi connectivity index (χ3n) is 3.33. The third kappa shape index (κ3) is 3.75. The van der Waals surface area contributed by atoms with Gasteiger partial charge in [-0.25, -0.2) is 4.98 Å². The lowest BCUT2D eigenvalue weighted by Gasteiger charge is -1.90. The van der Waals surface area contributed by atoms with Crippen LogP contribution in [-0.4, -0.2) is 30.3 Å². The van der Waals surface area contributed by atoms with Gasteiger partial charge >= 0.3 is 0 Å². The molecule has 0 aliphatic rings. The molecule has 0 N–H and O–H groups in total. The molecule has 0 saturated heterocycles. The predicted octanol–water partition coefficient (Wildman–Crippen LogP) is 2.99. The second kappa shape index (κ2) is 6.76. The molecule has 0 amide bonds. The minimum atomic E-state index is -0.0464. The largest absolute Gasteiger partial charge is 0.288 e. The van der Waals surface area contributed by atoms with Gasteiger partial charge in [-0.15, -0.1) is 11.3 Å². The first kappa shape index (κ1) is 16.1. The van der Waals surface area contributed by atoms with Crippen molar-refractivity contribution in [2.75, 3.05) is 0 Å². The molecule has 122 valence electrons. The highest BCUT2D eigenvalue weighted by atomic mass is 32.1. The molecule has 24 heavy (non-hydrogen) atoms. The third-order valence-corrected chi connectivity index (χ3v) is 4.47. The summed E-state index contributed by atoms with van der Waals surface area (Å²) >= 11 is 1.39. The highest BCUT2D eigenvalue weighted by Crippen LogP contribution is 2.21. The van der Waals surface area contributed by atoms with Crippen molar-refractivity contribution in [1.82, 2.24) is 24.5 Å². The van der Waals surface area contributed by atoms with E-state index in [1.165, 1.54) is 11.3 Å². The SMILES string of the molecule is Cc1nc(C=Cc2cnn(C)c2)sc1C(=O)C=Cc1cnn(C)c1. The molecule has 0 saturated carbocycles. The van der Waals surface area contributed by atoms with Crippen LogP contribution in [0.5, 0.6) is 0 Å². The van der Waals surface area contributed by atoms with Gasteiger partial charge in [-0.1, -0.05) is 0 Å². The Morgan fingerprint density at radius 2 is 1.67 bits per heavy atom. The Kier molecular flexibility index (Phi) is 4.52. The average molecular weight is 339 g/mol. The highest BCUT2D eigenvalue weighted by Gasteiger charge is 2.11. The molecule has 3 rings (SSSR count). The van der Waals surface area contributed by atoms with Gasteiger partial charge in [0.25, 0.3) is 0 Å². The van der Waals surface area contributed by atoms with Gasteiger partial charge < -0.3 is 0 Å². The lowest BCUT2D eigenvalue weighted by Crippen LogP contribution is -1.92. The van der Waals surface area contributed by atoms with Gasteiger partial charge in [0, 0.05) is 37.6 Å². The van der Waals surface area contributed by atoms with Crippen molar-refractivity contribution in [1.29, 1.82) is 0 Å². The standard InChI is InChI=1S/C17H17N5OS/c1-12-17(15(23)6-4-13-8-18-21(2)10-13)24-16(20-12)7-5-14-9-19-22(3)11-14/h4-11H,1-3H3. The maximum Gasteiger partial charge on any atom is 0.197 e. The van der Waals surface area contributed by atoms with E-state index in [-0.39, 0.29) is 5.78 Å². The maximum atomic E-state index is 12.4. The van der Waals surface area contributed by atoms with E-state index < -0.39 is 0 Å². The van der Waals surface area contributed by atoms with E-state index in [1.807, 2.05) is 45.6 Å². The Balaban J connectivity index is 1.74. The van der Waals surface area contributed by atoms with E-state index >= 15 is 0 Å². The Hall–Kier alpha value is -2.80. The lowest BCUT2D eigenvalue weighted by atomic mass is 10.2. The summed E-state index contributed by atoms with van der Waals surface area (Å²) in [4.78, 5) is 17.5. The van der Waals surface area contributed by atoms with Crippen LogP contribution in [0, 0.1) is 6.92 Å². The number of carbonyl (C=O) groups excluding carboxylic acids is 1. The number of aryl methyl sites for hydroxylation is 3. The minimum absolute atomic E-state index is 0.0464. The summed E-state index contributed by atoms with van der Waals surface area (Å²) in [6.07, 6.45) is 14.4. The van der Waals surface area contributed by atoms with Gasteiger partial charge in [0.1, 0.15) is 5.01 Å². The first-order valence-corrected chi connectivity index (χ1v) is 8.18. The number of carbonyl (C=O) groups is 1. The quantitative estimate of drug-likeness (QED) is 0.529. The molecule has 0 fully saturated rings. The van der Waals surface area contributed by atoms with E-state index in [0.717, 1.165) is 21.8 Å². The van der Waals surface area contributed by atoms with Gasteiger partial charge in [0.2, 0.25) is 0 Å². The first-order valence-electron chi connectivity index (χ1n) is 7.36. The number of hydrogen-bond acceptors (Lipinski definition) is 5. The molecule has 7 heteroatoms. The summed E-state index contributed by atoms with van der Waals surface area (Å²) in [6.45, 7) is 1.85. The summed E-state index contributed by atoms with van der Waals surface area (Å²) in [6, 6.07) is 0. The number of ketones is 1. The zero-order chi connectivity index (χ0) is 17.1. The maximum absolute atomic E-state index is 12.4. The number of rotatable bonds is 5. The molecule has 0 aliphatic carbocycles. The lowest BCUT2D eigenvalue weighted by molar-refractivity contribution is 0.105. The van der Waals surface area contributed by atoms with E-state index in [1.54, 1.807) is 33.9 Å². The molecule has 0 atom stereocenters. The second-order valence-corrected chi connectivity index (χ2v) is 6.42. The van der Waals surface area contributed by atoms with Gasteiger partial charge in [-0.05, 0) is 31.2 Å². The van der Waals surface area contributed by atoms with Crippen LogP contribution in [0.2, 0.25) is 0 Å². The molecule has 0 aromatic carbocycles.